The van der Waals surface area contributed by atoms with E-state index in [1.165, 1.54) is 12.3 Å². The van der Waals surface area contributed by atoms with Gasteiger partial charge in [0, 0.05) is 25.4 Å². The van der Waals surface area contributed by atoms with Crippen LogP contribution < -0.4 is 11.1 Å². The molecule has 0 aliphatic heterocycles. The second-order valence-electron chi connectivity index (χ2n) is 2.49. The number of anilines is 1. The lowest BCUT2D eigenvalue weighted by Gasteiger charge is -2.03. The maximum absolute atomic E-state index is 10.6. The van der Waals surface area contributed by atoms with Crippen LogP contribution in [0.3, 0.4) is 0 Å². The van der Waals surface area contributed by atoms with E-state index in [-0.39, 0.29) is 16.5 Å². The van der Waals surface area contributed by atoms with Crippen LogP contribution in [-0.4, -0.2) is 23.0 Å². The van der Waals surface area contributed by atoms with E-state index in [0.29, 0.717) is 13.1 Å². The first-order valence-corrected chi connectivity index (χ1v) is 4.27. The Balaban J connectivity index is 2.96. The van der Waals surface area contributed by atoms with Crippen molar-refractivity contribution in [3.05, 3.63) is 27.4 Å². The van der Waals surface area contributed by atoms with E-state index in [4.69, 9.17) is 17.3 Å². The van der Waals surface area contributed by atoms with E-state index in [1.54, 1.807) is 0 Å². The normalized spacial score (nSPS) is 9.86. The smallest absolute Gasteiger partial charge is 0.312 e. The maximum Gasteiger partial charge on any atom is 0.312 e. The van der Waals surface area contributed by atoms with E-state index in [1.807, 2.05) is 0 Å². The van der Waals surface area contributed by atoms with Gasteiger partial charge in [-0.3, -0.25) is 10.1 Å². The van der Waals surface area contributed by atoms with Crippen LogP contribution in [0.4, 0.5) is 11.5 Å². The molecule has 0 aromatic carbocycles. The van der Waals surface area contributed by atoms with Gasteiger partial charge >= 0.3 is 5.69 Å². The largest absolute Gasteiger partial charge is 0.363 e. The number of hydrogen-bond acceptors (Lipinski definition) is 5. The first-order chi connectivity index (χ1) is 6.65. The van der Waals surface area contributed by atoms with E-state index >= 15 is 0 Å². The molecule has 0 unspecified atom stereocenters. The summed E-state index contributed by atoms with van der Waals surface area (Å²) in [6.45, 7) is 0.803. The van der Waals surface area contributed by atoms with Gasteiger partial charge in [0.15, 0.2) is 0 Å². The topological polar surface area (TPSA) is 94.1 Å². The van der Waals surface area contributed by atoms with E-state index in [2.05, 4.69) is 10.3 Å². The Hall–Kier alpha value is -1.40. The van der Waals surface area contributed by atoms with Crippen LogP contribution in [-0.2, 0) is 0 Å². The number of nitrogens with one attached hydrogen (secondary N) is 1. The highest BCUT2D eigenvalue weighted by molar-refractivity contribution is 6.30. The Kier molecular flexibility index (Phi) is 3.61. The number of rotatable bonds is 4. The molecule has 1 heterocycles. The van der Waals surface area contributed by atoms with Gasteiger partial charge in [0.25, 0.3) is 0 Å². The first kappa shape index (κ1) is 10.7. The average molecular weight is 217 g/mol. The molecule has 0 spiro atoms. The summed E-state index contributed by atoms with van der Waals surface area (Å²) in [7, 11) is 0. The highest BCUT2D eigenvalue weighted by atomic mass is 35.5. The van der Waals surface area contributed by atoms with Gasteiger partial charge in [-0.1, -0.05) is 11.6 Å². The van der Waals surface area contributed by atoms with Crippen molar-refractivity contribution in [2.45, 2.75) is 0 Å². The molecule has 14 heavy (non-hydrogen) atoms. The van der Waals surface area contributed by atoms with Gasteiger partial charge in [-0.15, -0.1) is 0 Å². The van der Waals surface area contributed by atoms with Crippen LogP contribution >= 0.6 is 11.6 Å². The zero-order chi connectivity index (χ0) is 10.6. The number of nitro groups is 1. The molecule has 0 amide bonds. The summed E-state index contributed by atoms with van der Waals surface area (Å²) in [5.74, 6) is 0.185. The summed E-state index contributed by atoms with van der Waals surface area (Å²) in [5, 5.41) is 13.5. The predicted octanol–water partition coefficient (Wildman–Crippen LogP) is 1.01. The van der Waals surface area contributed by atoms with Crippen molar-refractivity contribution >= 4 is 23.1 Å². The molecule has 0 aliphatic carbocycles. The van der Waals surface area contributed by atoms with Gasteiger partial charge in [0.1, 0.15) is 0 Å². The van der Waals surface area contributed by atoms with Gasteiger partial charge in [0.05, 0.1) is 9.95 Å². The minimum Gasteiger partial charge on any atom is -0.363 e. The lowest BCUT2D eigenvalue weighted by Crippen LogP contribution is -2.14. The molecule has 0 bridgehead atoms. The Morgan fingerprint density at radius 3 is 3.00 bits per heavy atom. The molecule has 1 rings (SSSR count). The fourth-order valence-electron chi connectivity index (χ4n) is 0.895. The summed E-state index contributed by atoms with van der Waals surface area (Å²) in [5.41, 5.74) is 5.10. The summed E-state index contributed by atoms with van der Waals surface area (Å²) >= 11 is 5.58. The minimum atomic E-state index is -0.544. The van der Waals surface area contributed by atoms with Crippen molar-refractivity contribution in [3.63, 3.8) is 0 Å². The Morgan fingerprint density at radius 1 is 1.71 bits per heavy atom. The Bertz CT molecular complexity index is 344. The third-order valence-corrected chi connectivity index (χ3v) is 1.67. The Labute approximate surface area is 85.2 Å². The van der Waals surface area contributed by atoms with Crippen molar-refractivity contribution in [1.82, 2.24) is 4.98 Å². The third-order valence-electron chi connectivity index (χ3n) is 1.47. The molecule has 0 saturated heterocycles. The summed E-state index contributed by atoms with van der Waals surface area (Å²) in [4.78, 5) is 13.8. The summed E-state index contributed by atoms with van der Waals surface area (Å²) in [6, 6.07) is 1.24. The number of nitrogens with zero attached hydrogens (tertiary/aromatic N) is 2. The number of nitrogens with two attached hydrogens (primary N) is 1. The molecule has 6 nitrogen and oxygen atoms in total. The van der Waals surface area contributed by atoms with Crippen molar-refractivity contribution in [2.75, 3.05) is 18.4 Å². The fourth-order valence-corrected chi connectivity index (χ4v) is 1.05. The van der Waals surface area contributed by atoms with Crippen molar-refractivity contribution in [1.29, 1.82) is 0 Å². The molecule has 0 fully saturated rings. The second kappa shape index (κ2) is 4.73. The first-order valence-electron chi connectivity index (χ1n) is 3.89. The fraction of sp³-hybridized carbons (Fsp3) is 0.286. The van der Waals surface area contributed by atoms with Gasteiger partial charge in [0.2, 0.25) is 5.82 Å². The van der Waals surface area contributed by atoms with Crippen LogP contribution in [0.15, 0.2) is 12.3 Å². The molecule has 0 radical (unpaired) electrons. The molecule has 3 N–H and O–H groups in total. The number of halogens is 1. The van der Waals surface area contributed by atoms with Crippen molar-refractivity contribution < 1.29 is 4.92 Å². The van der Waals surface area contributed by atoms with Gasteiger partial charge in [-0.2, -0.15) is 0 Å². The molecule has 0 aliphatic rings. The highest BCUT2D eigenvalue weighted by Crippen LogP contribution is 2.24. The maximum atomic E-state index is 10.6. The van der Waals surface area contributed by atoms with Crippen LogP contribution in [0, 0.1) is 10.1 Å². The van der Waals surface area contributed by atoms with Crippen LogP contribution in [0.5, 0.6) is 0 Å². The van der Waals surface area contributed by atoms with E-state index in [9.17, 15) is 10.1 Å². The number of hydrogen-bond donors (Lipinski definition) is 2. The second-order valence-corrected chi connectivity index (χ2v) is 2.93. The molecular formula is C7H9ClN4O2. The van der Waals surface area contributed by atoms with Crippen LogP contribution in [0.2, 0.25) is 5.02 Å². The Morgan fingerprint density at radius 2 is 2.43 bits per heavy atom. The SMILES string of the molecule is NCCNc1ncc(Cl)cc1[N+](=O)[O-]. The molecule has 1 aromatic heterocycles. The monoisotopic (exact) mass is 216 g/mol. The third kappa shape index (κ3) is 2.54. The molecule has 0 atom stereocenters. The standard InChI is InChI=1S/C7H9ClN4O2/c8-5-3-6(12(13)14)7(11-4-5)10-2-1-9/h3-4H,1-2,9H2,(H,10,11). The highest BCUT2D eigenvalue weighted by Gasteiger charge is 2.14. The average Bonchev–Trinajstić information content (AvgIpc) is 2.15. The van der Waals surface area contributed by atoms with Crippen molar-refractivity contribution in [2.24, 2.45) is 5.73 Å². The van der Waals surface area contributed by atoms with Gasteiger partial charge in [-0.25, -0.2) is 4.98 Å². The quantitative estimate of drug-likeness (QED) is 0.579. The van der Waals surface area contributed by atoms with Crippen molar-refractivity contribution in [3.8, 4) is 0 Å². The predicted molar refractivity (Wildman–Crippen MR) is 53.4 cm³/mol. The molecule has 7 heteroatoms. The minimum absolute atomic E-state index is 0.147. The van der Waals surface area contributed by atoms with E-state index in [0.717, 1.165) is 0 Å². The number of pyridine rings is 1. The summed E-state index contributed by atoms with van der Waals surface area (Å²) < 4.78 is 0. The van der Waals surface area contributed by atoms with E-state index < -0.39 is 4.92 Å². The lowest BCUT2D eigenvalue weighted by atomic mass is 10.4. The van der Waals surface area contributed by atoms with Gasteiger partial charge in [-0.05, 0) is 0 Å². The van der Waals surface area contributed by atoms with Crippen LogP contribution in [0.25, 0.3) is 0 Å². The zero-order valence-corrected chi connectivity index (χ0v) is 7.99. The number of aromatic nitrogens is 1. The zero-order valence-electron chi connectivity index (χ0n) is 7.24. The summed E-state index contributed by atoms with van der Waals surface area (Å²) in [6.07, 6.45) is 1.34. The molecular weight excluding hydrogens is 208 g/mol. The van der Waals surface area contributed by atoms with Gasteiger partial charge < -0.3 is 11.1 Å². The molecule has 76 valence electrons. The van der Waals surface area contributed by atoms with Crippen LogP contribution in [0.1, 0.15) is 0 Å². The lowest BCUT2D eigenvalue weighted by molar-refractivity contribution is -0.384. The molecule has 1 aromatic rings. The molecule has 0 saturated carbocycles.